The molecule has 0 aromatic carbocycles. The lowest BCUT2D eigenvalue weighted by Gasteiger charge is -2.35. The van der Waals surface area contributed by atoms with Gasteiger partial charge in [0.2, 0.25) is 0 Å². The fourth-order valence-corrected chi connectivity index (χ4v) is 2.95. The van der Waals surface area contributed by atoms with Crippen LogP contribution in [-0.4, -0.2) is 24.5 Å². The van der Waals surface area contributed by atoms with Crippen LogP contribution in [0.4, 0.5) is 0 Å². The first-order valence-corrected chi connectivity index (χ1v) is 5.64. The van der Waals surface area contributed by atoms with Gasteiger partial charge in [0.15, 0.2) is 0 Å². The first-order valence-electron chi connectivity index (χ1n) is 4.76. The Balaban J connectivity index is 2.08. The third-order valence-corrected chi connectivity index (χ3v) is 3.71. The Morgan fingerprint density at radius 3 is 3.00 bits per heavy atom. The number of likely N-dealkylation sites (tertiary alicyclic amines) is 1. The van der Waals surface area contributed by atoms with Crippen molar-refractivity contribution >= 4 is 11.3 Å². The molecule has 1 saturated heterocycles. The minimum absolute atomic E-state index is 0.376. The summed E-state index contributed by atoms with van der Waals surface area (Å²) in [6, 6.07) is 5.34. The summed E-state index contributed by atoms with van der Waals surface area (Å²) in [5.41, 5.74) is 5.90. The van der Waals surface area contributed by atoms with Gasteiger partial charge in [0, 0.05) is 23.5 Å². The Morgan fingerprint density at radius 2 is 2.38 bits per heavy atom. The van der Waals surface area contributed by atoms with E-state index in [0.29, 0.717) is 12.1 Å². The summed E-state index contributed by atoms with van der Waals surface area (Å²) in [5.74, 6) is 0. The summed E-state index contributed by atoms with van der Waals surface area (Å²) >= 11 is 1.85. The van der Waals surface area contributed by atoms with Crippen molar-refractivity contribution in [2.45, 2.75) is 24.9 Å². The van der Waals surface area contributed by atoms with Gasteiger partial charge in [-0.1, -0.05) is 6.07 Å². The topological polar surface area (TPSA) is 29.3 Å². The molecule has 1 aromatic rings. The number of rotatable bonds is 1. The van der Waals surface area contributed by atoms with E-state index in [0.717, 1.165) is 13.0 Å². The monoisotopic (exact) mass is 196 g/mol. The predicted octanol–water partition coefficient (Wildman–Crippen LogP) is 1.84. The van der Waals surface area contributed by atoms with Gasteiger partial charge in [0.1, 0.15) is 0 Å². The van der Waals surface area contributed by atoms with Crippen LogP contribution in [0.25, 0.3) is 0 Å². The largest absolute Gasteiger partial charge is 0.327 e. The number of piperidine rings is 1. The van der Waals surface area contributed by atoms with Crippen LogP contribution in [0.15, 0.2) is 17.5 Å². The van der Waals surface area contributed by atoms with Crippen molar-refractivity contribution in [1.29, 1.82) is 0 Å². The Labute approximate surface area is 83.4 Å². The van der Waals surface area contributed by atoms with Crippen LogP contribution in [0.5, 0.6) is 0 Å². The van der Waals surface area contributed by atoms with Gasteiger partial charge >= 0.3 is 0 Å². The smallest absolute Gasteiger partial charge is 0.0439 e. The fraction of sp³-hybridized carbons (Fsp3) is 0.600. The summed E-state index contributed by atoms with van der Waals surface area (Å²) in [5, 5.41) is 2.15. The summed E-state index contributed by atoms with van der Waals surface area (Å²) in [7, 11) is 2.17. The normalized spacial score (nSPS) is 30.6. The van der Waals surface area contributed by atoms with Crippen molar-refractivity contribution in [3.8, 4) is 0 Å². The van der Waals surface area contributed by atoms with Crippen LogP contribution in [0.2, 0.25) is 0 Å². The van der Waals surface area contributed by atoms with Crippen LogP contribution in [0, 0.1) is 0 Å². The van der Waals surface area contributed by atoms with Gasteiger partial charge < -0.3 is 5.73 Å². The summed E-state index contributed by atoms with van der Waals surface area (Å²) in [4.78, 5) is 3.86. The van der Waals surface area contributed by atoms with E-state index < -0.39 is 0 Å². The van der Waals surface area contributed by atoms with Gasteiger partial charge in [-0.3, -0.25) is 4.90 Å². The van der Waals surface area contributed by atoms with Crippen LogP contribution >= 0.6 is 11.3 Å². The van der Waals surface area contributed by atoms with Gasteiger partial charge in [0.05, 0.1) is 0 Å². The molecule has 0 spiro atoms. The number of likely N-dealkylation sites (N-methyl/N-ethyl adjacent to an activating group) is 1. The van der Waals surface area contributed by atoms with Crippen molar-refractivity contribution in [1.82, 2.24) is 4.90 Å². The van der Waals surface area contributed by atoms with E-state index in [2.05, 4.69) is 29.5 Å². The molecule has 0 aliphatic carbocycles. The third-order valence-electron chi connectivity index (χ3n) is 2.74. The quantitative estimate of drug-likeness (QED) is 0.742. The van der Waals surface area contributed by atoms with Gasteiger partial charge in [-0.15, -0.1) is 11.3 Å². The highest BCUT2D eigenvalue weighted by molar-refractivity contribution is 7.10. The molecule has 0 radical (unpaired) electrons. The molecule has 1 aliphatic rings. The molecule has 2 unspecified atom stereocenters. The molecule has 72 valence electrons. The zero-order valence-corrected chi connectivity index (χ0v) is 8.76. The molecular weight excluding hydrogens is 180 g/mol. The SMILES string of the molecule is CN1CC(N)CCC1c1cccs1. The standard InChI is InChI=1S/C10H16N2S/c1-12-7-8(11)4-5-9(12)10-3-2-6-13-10/h2-3,6,8-9H,4-5,7,11H2,1H3. The molecule has 1 aromatic heterocycles. The minimum Gasteiger partial charge on any atom is -0.327 e. The van der Waals surface area contributed by atoms with Crippen LogP contribution < -0.4 is 5.73 Å². The van der Waals surface area contributed by atoms with E-state index >= 15 is 0 Å². The molecule has 0 bridgehead atoms. The first kappa shape index (κ1) is 9.19. The maximum atomic E-state index is 5.90. The van der Waals surface area contributed by atoms with Crippen LogP contribution in [0.1, 0.15) is 23.8 Å². The molecule has 3 heteroatoms. The highest BCUT2D eigenvalue weighted by atomic mass is 32.1. The predicted molar refractivity (Wildman–Crippen MR) is 56.9 cm³/mol. The van der Waals surface area contributed by atoms with E-state index in [4.69, 9.17) is 5.73 Å². The Kier molecular flexibility index (Phi) is 2.67. The van der Waals surface area contributed by atoms with E-state index in [-0.39, 0.29) is 0 Å². The first-order chi connectivity index (χ1) is 6.27. The van der Waals surface area contributed by atoms with E-state index in [9.17, 15) is 0 Å². The van der Waals surface area contributed by atoms with E-state index in [1.165, 1.54) is 11.3 Å². The van der Waals surface area contributed by atoms with E-state index in [1.54, 1.807) is 0 Å². The van der Waals surface area contributed by atoms with E-state index in [1.807, 2.05) is 11.3 Å². The highest BCUT2D eigenvalue weighted by Crippen LogP contribution is 2.31. The summed E-state index contributed by atoms with van der Waals surface area (Å²) in [6.07, 6.45) is 2.37. The Bertz CT molecular complexity index is 258. The second kappa shape index (κ2) is 3.78. The summed E-state index contributed by atoms with van der Waals surface area (Å²) < 4.78 is 0. The Morgan fingerprint density at radius 1 is 1.54 bits per heavy atom. The lowest BCUT2D eigenvalue weighted by Crippen LogP contribution is -2.42. The molecule has 2 heterocycles. The van der Waals surface area contributed by atoms with Crippen molar-refractivity contribution in [3.63, 3.8) is 0 Å². The molecule has 2 atom stereocenters. The summed E-state index contributed by atoms with van der Waals surface area (Å²) in [6.45, 7) is 1.03. The molecule has 1 aliphatic heterocycles. The second-order valence-electron chi connectivity index (χ2n) is 3.81. The van der Waals surface area contributed by atoms with Crippen LogP contribution in [-0.2, 0) is 0 Å². The highest BCUT2D eigenvalue weighted by Gasteiger charge is 2.24. The van der Waals surface area contributed by atoms with Crippen molar-refractivity contribution < 1.29 is 0 Å². The number of nitrogens with two attached hydrogens (primary N) is 1. The Hall–Kier alpha value is -0.380. The van der Waals surface area contributed by atoms with Crippen LogP contribution in [0.3, 0.4) is 0 Å². The minimum atomic E-state index is 0.376. The second-order valence-corrected chi connectivity index (χ2v) is 4.79. The molecule has 1 fully saturated rings. The third kappa shape index (κ3) is 1.93. The number of hydrogen-bond acceptors (Lipinski definition) is 3. The molecule has 0 amide bonds. The number of nitrogens with zero attached hydrogens (tertiary/aromatic N) is 1. The average Bonchev–Trinajstić information content (AvgIpc) is 2.56. The lowest BCUT2D eigenvalue weighted by molar-refractivity contribution is 0.172. The number of thiophene rings is 1. The fourth-order valence-electron chi connectivity index (χ4n) is 2.02. The lowest BCUT2D eigenvalue weighted by atomic mass is 9.98. The van der Waals surface area contributed by atoms with Gasteiger partial charge in [-0.05, 0) is 31.3 Å². The molecule has 2 N–H and O–H groups in total. The maximum absolute atomic E-state index is 5.90. The molecular formula is C10H16N2S. The molecule has 2 rings (SSSR count). The zero-order valence-electron chi connectivity index (χ0n) is 7.94. The van der Waals surface area contributed by atoms with Gasteiger partial charge in [0.25, 0.3) is 0 Å². The van der Waals surface area contributed by atoms with Crippen molar-refractivity contribution in [3.05, 3.63) is 22.4 Å². The molecule has 0 saturated carbocycles. The van der Waals surface area contributed by atoms with Crippen molar-refractivity contribution in [2.24, 2.45) is 5.73 Å². The average molecular weight is 196 g/mol. The number of hydrogen-bond donors (Lipinski definition) is 1. The van der Waals surface area contributed by atoms with Crippen molar-refractivity contribution in [2.75, 3.05) is 13.6 Å². The van der Waals surface area contributed by atoms with Gasteiger partial charge in [-0.25, -0.2) is 0 Å². The zero-order chi connectivity index (χ0) is 9.26. The molecule has 2 nitrogen and oxygen atoms in total. The molecule has 13 heavy (non-hydrogen) atoms. The maximum Gasteiger partial charge on any atom is 0.0439 e. The van der Waals surface area contributed by atoms with Gasteiger partial charge in [-0.2, -0.15) is 0 Å².